The molecule has 1 N–H and O–H groups in total. The Morgan fingerprint density at radius 3 is 2.55 bits per heavy atom. The van der Waals surface area contributed by atoms with Gasteiger partial charge in [-0.25, -0.2) is 4.39 Å². The van der Waals surface area contributed by atoms with Gasteiger partial charge in [-0.1, -0.05) is 36.4 Å². The van der Waals surface area contributed by atoms with Gasteiger partial charge in [0.1, 0.15) is 5.75 Å². The van der Waals surface area contributed by atoms with Crippen LogP contribution in [0.3, 0.4) is 0 Å². The number of rotatable bonds is 2. The van der Waals surface area contributed by atoms with Crippen LogP contribution >= 0.6 is 0 Å². The summed E-state index contributed by atoms with van der Waals surface area (Å²) in [5.41, 5.74) is 1.12. The van der Waals surface area contributed by atoms with E-state index >= 15 is 0 Å². The van der Waals surface area contributed by atoms with Crippen LogP contribution in [0.15, 0.2) is 60.4 Å². The van der Waals surface area contributed by atoms with Crippen LogP contribution in [-0.4, -0.2) is 12.1 Å². The SMILES string of the molecule is O=C(NC1Oc2ccccc2C=C1F)c1ccccc1. The number of para-hydroxylation sites is 1. The first kappa shape index (κ1) is 12.4. The molecule has 20 heavy (non-hydrogen) atoms. The Labute approximate surface area is 115 Å². The first-order valence-electron chi connectivity index (χ1n) is 6.23. The molecule has 1 aliphatic heterocycles. The maximum atomic E-state index is 13.9. The number of hydrogen-bond donors (Lipinski definition) is 1. The van der Waals surface area contributed by atoms with Crippen molar-refractivity contribution >= 4 is 12.0 Å². The number of nitrogens with one attached hydrogen (secondary N) is 1. The number of ether oxygens (including phenoxy) is 1. The maximum absolute atomic E-state index is 13.9. The normalized spacial score (nSPS) is 16.6. The van der Waals surface area contributed by atoms with Crippen LogP contribution in [0.5, 0.6) is 5.75 Å². The highest BCUT2D eigenvalue weighted by atomic mass is 19.1. The highest BCUT2D eigenvalue weighted by molar-refractivity contribution is 5.94. The number of halogens is 1. The lowest BCUT2D eigenvalue weighted by Gasteiger charge is -2.23. The fourth-order valence-corrected chi connectivity index (χ4v) is 2.00. The van der Waals surface area contributed by atoms with E-state index in [0.717, 1.165) is 0 Å². The van der Waals surface area contributed by atoms with Gasteiger partial charge in [0.05, 0.1) is 0 Å². The van der Waals surface area contributed by atoms with Gasteiger partial charge in [-0.15, -0.1) is 0 Å². The van der Waals surface area contributed by atoms with Gasteiger partial charge in [-0.2, -0.15) is 0 Å². The molecular formula is C16H12FNO2. The summed E-state index contributed by atoms with van der Waals surface area (Å²) in [6, 6.07) is 15.7. The van der Waals surface area contributed by atoms with Crippen molar-refractivity contribution in [2.45, 2.75) is 6.23 Å². The van der Waals surface area contributed by atoms with E-state index in [1.54, 1.807) is 48.5 Å². The molecule has 0 saturated carbocycles. The summed E-state index contributed by atoms with van der Waals surface area (Å²) < 4.78 is 19.4. The van der Waals surface area contributed by atoms with Crippen LogP contribution in [0.4, 0.5) is 4.39 Å². The number of amides is 1. The summed E-state index contributed by atoms with van der Waals surface area (Å²) >= 11 is 0. The van der Waals surface area contributed by atoms with Gasteiger partial charge >= 0.3 is 0 Å². The molecule has 0 aromatic heterocycles. The van der Waals surface area contributed by atoms with Crippen molar-refractivity contribution in [1.29, 1.82) is 0 Å². The van der Waals surface area contributed by atoms with E-state index < -0.39 is 12.1 Å². The molecule has 0 fully saturated rings. The zero-order valence-electron chi connectivity index (χ0n) is 10.5. The van der Waals surface area contributed by atoms with Gasteiger partial charge in [-0.05, 0) is 24.3 Å². The fourth-order valence-electron chi connectivity index (χ4n) is 2.00. The number of hydrogen-bond acceptors (Lipinski definition) is 2. The van der Waals surface area contributed by atoms with E-state index in [0.29, 0.717) is 16.9 Å². The topological polar surface area (TPSA) is 38.3 Å². The predicted octanol–water partition coefficient (Wildman–Crippen LogP) is 3.15. The molecule has 0 radical (unpaired) electrons. The standard InChI is InChI=1S/C16H12FNO2/c17-13-10-12-8-4-5-9-14(12)20-16(13)18-15(19)11-6-2-1-3-7-11/h1-10,16H,(H,18,19). The Bertz CT molecular complexity index is 667. The second-order valence-electron chi connectivity index (χ2n) is 4.40. The summed E-state index contributed by atoms with van der Waals surface area (Å²) in [5.74, 6) is -0.348. The first-order chi connectivity index (χ1) is 9.74. The van der Waals surface area contributed by atoms with Gasteiger partial charge in [0.25, 0.3) is 5.91 Å². The lowest BCUT2D eigenvalue weighted by Crippen LogP contribution is -2.40. The summed E-state index contributed by atoms with van der Waals surface area (Å²) in [6.45, 7) is 0. The zero-order valence-corrected chi connectivity index (χ0v) is 10.5. The molecule has 2 aromatic rings. The van der Waals surface area contributed by atoms with E-state index in [2.05, 4.69) is 5.32 Å². The molecule has 1 unspecified atom stereocenters. The Morgan fingerprint density at radius 2 is 1.75 bits per heavy atom. The lowest BCUT2D eigenvalue weighted by molar-refractivity contribution is 0.0840. The highest BCUT2D eigenvalue weighted by Gasteiger charge is 2.24. The number of carbonyl (C=O) groups is 1. The average Bonchev–Trinajstić information content (AvgIpc) is 2.49. The Hall–Kier alpha value is -2.62. The first-order valence-corrected chi connectivity index (χ1v) is 6.23. The van der Waals surface area contributed by atoms with Gasteiger partial charge in [0.2, 0.25) is 6.23 Å². The molecule has 1 heterocycles. The van der Waals surface area contributed by atoms with Gasteiger partial charge in [0, 0.05) is 11.1 Å². The van der Waals surface area contributed by atoms with E-state index in [1.807, 2.05) is 6.07 Å². The van der Waals surface area contributed by atoms with E-state index in [1.165, 1.54) is 6.08 Å². The van der Waals surface area contributed by atoms with Gasteiger partial charge in [0.15, 0.2) is 5.83 Å². The second kappa shape index (κ2) is 5.17. The molecule has 0 aliphatic carbocycles. The molecule has 3 nitrogen and oxygen atoms in total. The summed E-state index contributed by atoms with van der Waals surface area (Å²) in [4.78, 5) is 12.0. The van der Waals surface area contributed by atoms with E-state index in [9.17, 15) is 9.18 Å². The third-order valence-electron chi connectivity index (χ3n) is 3.01. The van der Waals surface area contributed by atoms with Gasteiger partial charge in [-0.3, -0.25) is 4.79 Å². The zero-order chi connectivity index (χ0) is 13.9. The molecule has 3 rings (SSSR count). The predicted molar refractivity (Wildman–Crippen MR) is 73.9 cm³/mol. The molecule has 2 aromatic carbocycles. The van der Waals surface area contributed by atoms with Crippen LogP contribution < -0.4 is 10.1 Å². The molecule has 100 valence electrons. The molecular weight excluding hydrogens is 257 g/mol. The molecule has 4 heteroatoms. The number of benzene rings is 2. The van der Waals surface area contributed by atoms with E-state index in [4.69, 9.17) is 4.74 Å². The Morgan fingerprint density at radius 1 is 1.05 bits per heavy atom. The minimum atomic E-state index is -1.09. The monoisotopic (exact) mass is 269 g/mol. The van der Waals surface area contributed by atoms with Crippen molar-refractivity contribution in [3.8, 4) is 5.75 Å². The lowest BCUT2D eigenvalue weighted by atomic mass is 10.1. The summed E-state index contributed by atoms with van der Waals surface area (Å²) in [5, 5.41) is 2.52. The Balaban J connectivity index is 1.79. The molecule has 0 spiro atoms. The van der Waals surface area contributed by atoms with Crippen LogP contribution in [0.1, 0.15) is 15.9 Å². The number of fused-ring (bicyclic) bond motifs is 1. The molecule has 1 amide bonds. The van der Waals surface area contributed by atoms with Crippen LogP contribution in [0, 0.1) is 0 Å². The van der Waals surface area contributed by atoms with Crippen LogP contribution in [0.2, 0.25) is 0 Å². The minimum absolute atomic E-state index is 0.376. The van der Waals surface area contributed by atoms with Crippen LogP contribution in [0.25, 0.3) is 6.08 Å². The second-order valence-corrected chi connectivity index (χ2v) is 4.40. The fraction of sp³-hybridized carbons (Fsp3) is 0.0625. The van der Waals surface area contributed by atoms with Crippen molar-refractivity contribution in [2.75, 3.05) is 0 Å². The molecule has 0 bridgehead atoms. The van der Waals surface area contributed by atoms with Crippen molar-refractivity contribution in [3.05, 3.63) is 71.6 Å². The molecule has 0 saturated heterocycles. The third-order valence-corrected chi connectivity index (χ3v) is 3.01. The third kappa shape index (κ3) is 2.40. The minimum Gasteiger partial charge on any atom is -0.463 e. The van der Waals surface area contributed by atoms with Crippen molar-refractivity contribution in [1.82, 2.24) is 5.32 Å². The van der Waals surface area contributed by atoms with Crippen molar-refractivity contribution in [3.63, 3.8) is 0 Å². The molecule has 1 atom stereocenters. The highest BCUT2D eigenvalue weighted by Crippen LogP contribution is 2.28. The summed E-state index contributed by atoms with van der Waals surface area (Å²) in [7, 11) is 0. The molecule has 1 aliphatic rings. The maximum Gasteiger partial charge on any atom is 0.254 e. The summed E-state index contributed by atoms with van der Waals surface area (Å²) in [6.07, 6.45) is 0.284. The quantitative estimate of drug-likeness (QED) is 0.909. The average molecular weight is 269 g/mol. The Kier molecular flexibility index (Phi) is 3.21. The largest absolute Gasteiger partial charge is 0.463 e. The van der Waals surface area contributed by atoms with Gasteiger partial charge < -0.3 is 10.1 Å². The number of carbonyl (C=O) groups excluding carboxylic acids is 1. The van der Waals surface area contributed by atoms with Crippen molar-refractivity contribution in [2.24, 2.45) is 0 Å². The van der Waals surface area contributed by atoms with Crippen molar-refractivity contribution < 1.29 is 13.9 Å². The van der Waals surface area contributed by atoms with E-state index in [-0.39, 0.29) is 5.91 Å². The van der Waals surface area contributed by atoms with Crippen LogP contribution in [-0.2, 0) is 0 Å². The smallest absolute Gasteiger partial charge is 0.254 e.